The number of carbonyl (C=O) groups excluding carboxylic acids is 3. The highest BCUT2D eigenvalue weighted by Gasteiger charge is 2.20. The highest BCUT2D eigenvalue weighted by Crippen LogP contribution is 2.10. The normalized spacial score (nSPS) is 8.67. The molecule has 0 bridgehead atoms. The van der Waals surface area contributed by atoms with Gasteiger partial charge in [0.05, 0.1) is 14.2 Å². The summed E-state index contributed by atoms with van der Waals surface area (Å²) in [5.41, 5.74) is 0. The molecule has 0 aromatic rings. The molecule has 0 N–H and O–H groups in total. The van der Waals surface area contributed by atoms with E-state index in [1.807, 2.05) is 33.8 Å². The minimum absolute atomic E-state index is 0.229. The van der Waals surface area contributed by atoms with E-state index in [1.165, 1.54) is 32.0 Å². The molecule has 0 spiro atoms. The second-order valence-electron chi connectivity index (χ2n) is 6.06. The summed E-state index contributed by atoms with van der Waals surface area (Å²) in [5.74, 6) is -1.33. The van der Waals surface area contributed by atoms with Gasteiger partial charge in [-0.3, -0.25) is 14.4 Å². The van der Waals surface area contributed by atoms with E-state index in [1.54, 1.807) is 0 Å². The number of methoxy groups -OCH3 is 2. The Labute approximate surface area is 186 Å². The molecule has 0 saturated heterocycles. The third kappa shape index (κ3) is 28.4. The van der Waals surface area contributed by atoms with Gasteiger partial charge >= 0.3 is 11.9 Å². The highest BCUT2D eigenvalue weighted by atomic mass is 16.5. The molecule has 0 fully saturated rings. The number of hydrogen-bond acceptors (Lipinski definition) is 5. The van der Waals surface area contributed by atoms with E-state index in [4.69, 9.17) is 0 Å². The summed E-state index contributed by atoms with van der Waals surface area (Å²) in [5, 5.41) is 0. The molecule has 0 unspecified atom stereocenters. The largest absolute Gasteiger partial charge is 0.468 e. The number of nitrogens with zero attached hydrogens (tertiary/aromatic N) is 1. The Bertz CT molecular complexity index is 379. The van der Waals surface area contributed by atoms with E-state index in [-0.39, 0.29) is 19.0 Å². The molecule has 0 atom stereocenters. The number of amides is 1. The monoisotopic (exact) mass is 431 g/mol. The Balaban J connectivity index is -0.000000427. The Morgan fingerprint density at radius 2 is 1.13 bits per heavy atom. The summed E-state index contributed by atoms with van der Waals surface area (Å²) in [6.45, 7) is 15.5. The number of unbranched alkanes of at least 4 members (excludes halogenated alkanes) is 6. The number of ether oxygens (including phenoxy) is 2. The fourth-order valence-corrected chi connectivity index (χ4v) is 2.10. The van der Waals surface area contributed by atoms with Crippen LogP contribution < -0.4 is 0 Å². The predicted octanol–water partition coefficient (Wildman–Crippen LogP) is 5.94. The zero-order valence-corrected chi connectivity index (χ0v) is 21.1. The minimum Gasteiger partial charge on any atom is -0.468 e. The topological polar surface area (TPSA) is 72.9 Å². The van der Waals surface area contributed by atoms with Crippen molar-refractivity contribution in [1.82, 2.24) is 4.90 Å². The molecular formula is C24H49NO5. The maximum atomic E-state index is 12.1. The average molecular weight is 432 g/mol. The van der Waals surface area contributed by atoms with Gasteiger partial charge in [0.2, 0.25) is 5.91 Å². The van der Waals surface area contributed by atoms with Crippen LogP contribution in [0.3, 0.4) is 0 Å². The standard InChI is InChI=1S/C17H29NO5.C3H8.2C2H6/c1-4-5-6-7-8-9-10-11-12-15(19)18(13-16(20)22-2)14-17(21)23-3;1-3-2;2*1-2/h4H,1,5-14H2,2-3H3;3H2,1-2H3;2*1-2H3. The number of esters is 2. The van der Waals surface area contributed by atoms with Gasteiger partial charge in [0.1, 0.15) is 13.1 Å². The van der Waals surface area contributed by atoms with Crippen molar-refractivity contribution in [3.05, 3.63) is 12.7 Å². The van der Waals surface area contributed by atoms with Crippen molar-refractivity contribution in [3.63, 3.8) is 0 Å². The van der Waals surface area contributed by atoms with Gasteiger partial charge in [-0.05, 0) is 19.3 Å². The molecule has 0 aromatic carbocycles. The van der Waals surface area contributed by atoms with E-state index in [2.05, 4.69) is 29.9 Å². The molecule has 0 rings (SSSR count). The SMILES string of the molecule is C=CCCCCCCCCC(=O)N(CC(=O)OC)CC(=O)OC.CC.CC.CCC. The van der Waals surface area contributed by atoms with E-state index in [0.29, 0.717) is 6.42 Å². The van der Waals surface area contributed by atoms with Crippen LogP contribution in [0.2, 0.25) is 0 Å². The zero-order valence-electron chi connectivity index (χ0n) is 21.1. The highest BCUT2D eigenvalue weighted by molar-refractivity contribution is 5.85. The summed E-state index contributed by atoms with van der Waals surface area (Å²) in [6.07, 6.45) is 10.8. The quantitative estimate of drug-likeness (QED) is 0.205. The summed E-state index contributed by atoms with van der Waals surface area (Å²) in [4.78, 5) is 35.9. The summed E-state index contributed by atoms with van der Waals surface area (Å²) in [6, 6.07) is 0. The molecule has 6 nitrogen and oxygen atoms in total. The van der Waals surface area contributed by atoms with E-state index in [0.717, 1.165) is 38.5 Å². The summed E-state index contributed by atoms with van der Waals surface area (Å²) >= 11 is 0. The van der Waals surface area contributed by atoms with Gasteiger partial charge in [-0.25, -0.2) is 0 Å². The molecular weight excluding hydrogens is 382 g/mol. The lowest BCUT2D eigenvalue weighted by Gasteiger charge is -2.20. The minimum atomic E-state index is -0.551. The molecule has 0 saturated carbocycles. The number of hydrogen-bond donors (Lipinski definition) is 0. The van der Waals surface area contributed by atoms with Crippen LogP contribution in [-0.4, -0.2) is 50.1 Å². The third-order valence-corrected chi connectivity index (χ3v) is 3.50. The third-order valence-electron chi connectivity index (χ3n) is 3.50. The molecule has 0 heterocycles. The van der Waals surface area contributed by atoms with Gasteiger partial charge in [0.25, 0.3) is 0 Å². The Kier molecular flexibility index (Phi) is 37.8. The van der Waals surface area contributed by atoms with Crippen molar-refractivity contribution >= 4 is 17.8 Å². The molecule has 180 valence electrons. The maximum Gasteiger partial charge on any atom is 0.325 e. The van der Waals surface area contributed by atoms with Crippen molar-refractivity contribution in [3.8, 4) is 0 Å². The second kappa shape index (κ2) is 31.8. The number of carbonyl (C=O) groups is 3. The van der Waals surface area contributed by atoms with Crippen LogP contribution in [0.4, 0.5) is 0 Å². The van der Waals surface area contributed by atoms with Crippen LogP contribution in [0.15, 0.2) is 12.7 Å². The molecule has 6 heteroatoms. The van der Waals surface area contributed by atoms with Gasteiger partial charge in [-0.15, -0.1) is 6.58 Å². The first-order chi connectivity index (χ1) is 14.5. The first kappa shape index (κ1) is 35.6. The molecule has 0 aliphatic rings. The van der Waals surface area contributed by atoms with Crippen molar-refractivity contribution in [2.24, 2.45) is 0 Å². The lowest BCUT2D eigenvalue weighted by molar-refractivity contribution is -0.152. The Morgan fingerprint density at radius 1 is 0.767 bits per heavy atom. The molecule has 0 aliphatic heterocycles. The fourth-order valence-electron chi connectivity index (χ4n) is 2.10. The molecule has 1 amide bonds. The lowest BCUT2D eigenvalue weighted by atomic mass is 10.1. The number of rotatable bonds is 13. The first-order valence-corrected chi connectivity index (χ1v) is 11.5. The van der Waals surface area contributed by atoms with Crippen LogP contribution in [-0.2, 0) is 23.9 Å². The van der Waals surface area contributed by atoms with E-state index < -0.39 is 11.9 Å². The van der Waals surface area contributed by atoms with Crippen LogP contribution in [0.5, 0.6) is 0 Å². The van der Waals surface area contributed by atoms with Crippen molar-refractivity contribution < 1.29 is 23.9 Å². The van der Waals surface area contributed by atoms with Crippen molar-refractivity contribution in [1.29, 1.82) is 0 Å². The van der Waals surface area contributed by atoms with Crippen LogP contribution in [0.25, 0.3) is 0 Å². The van der Waals surface area contributed by atoms with Crippen LogP contribution in [0.1, 0.15) is 99.3 Å². The van der Waals surface area contributed by atoms with Gasteiger partial charge < -0.3 is 14.4 Å². The lowest BCUT2D eigenvalue weighted by Crippen LogP contribution is -2.40. The second-order valence-corrected chi connectivity index (χ2v) is 6.06. The molecule has 0 aliphatic carbocycles. The average Bonchev–Trinajstić information content (AvgIpc) is 2.78. The maximum absolute atomic E-state index is 12.1. The van der Waals surface area contributed by atoms with Crippen LogP contribution >= 0.6 is 0 Å². The first-order valence-electron chi connectivity index (χ1n) is 11.5. The van der Waals surface area contributed by atoms with Crippen molar-refractivity contribution in [2.75, 3.05) is 27.3 Å². The Morgan fingerprint density at radius 3 is 1.50 bits per heavy atom. The van der Waals surface area contributed by atoms with E-state index >= 15 is 0 Å². The van der Waals surface area contributed by atoms with Crippen LogP contribution in [0, 0.1) is 0 Å². The summed E-state index contributed by atoms with van der Waals surface area (Å²) in [7, 11) is 2.49. The van der Waals surface area contributed by atoms with Gasteiger partial charge in [0, 0.05) is 6.42 Å². The van der Waals surface area contributed by atoms with Gasteiger partial charge in [0.15, 0.2) is 0 Å². The van der Waals surface area contributed by atoms with Gasteiger partial charge in [-0.2, -0.15) is 0 Å². The van der Waals surface area contributed by atoms with E-state index in [9.17, 15) is 14.4 Å². The van der Waals surface area contributed by atoms with Gasteiger partial charge in [-0.1, -0.05) is 79.7 Å². The predicted molar refractivity (Wildman–Crippen MR) is 126 cm³/mol. The molecule has 30 heavy (non-hydrogen) atoms. The smallest absolute Gasteiger partial charge is 0.325 e. The molecule has 0 radical (unpaired) electrons. The zero-order chi connectivity index (χ0) is 24.2. The summed E-state index contributed by atoms with van der Waals surface area (Å²) < 4.78 is 9.09. The van der Waals surface area contributed by atoms with Crippen molar-refractivity contribution in [2.45, 2.75) is 99.3 Å². The molecule has 0 aromatic heterocycles. The Hall–Kier alpha value is -1.85. The fraction of sp³-hybridized carbons (Fsp3) is 0.792. The number of allylic oxidation sites excluding steroid dienone is 1.